The lowest BCUT2D eigenvalue weighted by Crippen LogP contribution is -2.28. The third-order valence-electron chi connectivity index (χ3n) is 3.43. The summed E-state index contributed by atoms with van der Waals surface area (Å²) in [6.45, 7) is 7.86. The van der Waals surface area contributed by atoms with Crippen molar-refractivity contribution >= 4 is 23.3 Å². The molecule has 0 bridgehead atoms. The Labute approximate surface area is 141 Å². The summed E-state index contributed by atoms with van der Waals surface area (Å²) in [6, 6.07) is 7.68. The maximum Gasteiger partial charge on any atom is 0.246 e. The number of nitrogens with zero attached hydrogens (tertiary/aromatic N) is 2. The van der Waals surface area contributed by atoms with Crippen molar-refractivity contribution in [3.8, 4) is 5.75 Å². The van der Waals surface area contributed by atoms with Crippen LogP contribution >= 0.6 is 11.3 Å². The molecule has 0 radical (unpaired) electrons. The molecule has 4 nitrogen and oxygen atoms in total. The number of carbonyl (C=O) groups excluding carboxylic acids is 1. The zero-order valence-electron chi connectivity index (χ0n) is 13.8. The van der Waals surface area contributed by atoms with Crippen molar-refractivity contribution in [3.63, 3.8) is 0 Å². The van der Waals surface area contributed by atoms with E-state index in [1.54, 1.807) is 22.3 Å². The highest BCUT2D eigenvalue weighted by Gasteiger charge is 2.04. The quantitative estimate of drug-likeness (QED) is 0.723. The predicted octanol–water partition coefficient (Wildman–Crippen LogP) is 3.91. The standard InChI is InChI=1S/C18H22N2O2S/c1-4-20(5-2)18(21)11-8-15-6-9-17(10-7-15)22-12-16-13-23-14(3)19-16/h6-11,13H,4-5,12H2,1-3H3/b11-8+. The number of ether oxygens (including phenoxy) is 1. The molecule has 1 heterocycles. The molecular weight excluding hydrogens is 308 g/mol. The Kier molecular flexibility index (Phi) is 6.35. The number of likely N-dealkylation sites (N-methyl/N-ethyl adjacent to an activating group) is 1. The van der Waals surface area contributed by atoms with Gasteiger partial charge >= 0.3 is 0 Å². The van der Waals surface area contributed by atoms with Gasteiger partial charge in [0.2, 0.25) is 5.91 Å². The molecule has 2 rings (SSSR count). The summed E-state index contributed by atoms with van der Waals surface area (Å²) in [5.41, 5.74) is 1.92. The maximum absolute atomic E-state index is 11.9. The molecule has 5 heteroatoms. The minimum absolute atomic E-state index is 0.0363. The summed E-state index contributed by atoms with van der Waals surface area (Å²) in [7, 11) is 0. The smallest absolute Gasteiger partial charge is 0.246 e. The average Bonchev–Trinajstić information content (AvgIpc) is 2.98. The Morgan fingerprint density at radius 1 is 1.26 bits per heavy atom. The van der Waals surface area contributed by atoms with Gasteiger partial charge in [-0.2, -0.15) is 0 Å². The lowest BCUT2D eigenvalue weighted by atomic mass is 10.2. The van der Waals surface area contributed by atoms with Crippen LogP contribution in [0.2, 0.25) is 0 Å². The Morgan fingerprint density at radius 3 is 2.52 bits per heavy atom. The van der Waals surface area contributed by atoms with Crippen LogP contribution in [0, 0.1) is 6.92 Å². The number of thiazole rings is 1. The lowest BCUT2D eigenvalue weighted by Gasteiger charge is -2.15. The zero-order valence-corrected chi connectivity index (χ0v) is 14.6. The molecule has 1 aromatic carbocycles. The first-order valence-corrected chi connectivity index (χ1v) is 8.61. The van der Waals surface area contributed by atoms with Crippen LogP contribution in [0.5, 0.6) is 5.75 Å². The second-order valence-electron chi connectivity index (χ2n) is 5.06. The van der Waals surface area contributed by atoms with Gasteiger partial charge in [-0.05, 0) is 44.5 Å². The summed E-state index contributed by atoms with van der Waals surface area (Å²) < 4.78 is 5.70. The van der Waals surface area contributed by atoms with E-state index >= 15 is 0 Å². The highest BCUT2D eigenvalue weighted by atomic mass is 32.1. The van der Waals surface area contributed by atoms with Crippen LogP contribution in [0.15, 0.2) is 35.7 Å². The summed E-state index contributed by atoms with van der Waals surface area (Å²) in [5, 5.41) is 3.05. The van der Waals surface area contributed by atoms with E-state index in [1.807, 2.05) is 56.5 Å². The van der Waals surface area contributed by atoms with Crippen LogP contribution < -0.4 is 4.74 Å². The van der Waals surface area contributed by atoms with Crippen LogP contribution in [0.3, 0.4) is 0 Å². The number of aromatic nitrogens is 1. The second kappa shape index (κ2) is 8.48. The lowest BCUT2D eigenvalue weighted by molar-refractivity contribution is -0.125. The van der Waals surface area contributed by atoms with Crippen molar-refractivity contribution in [1.82, 2.24) is 9.88 Å². The van der Waals surface area contributed by atoms with E-state index in [-0.39, 0.29) is 5.91 Å². The first-order valence-electron chi connectivity index (χ1n) is 7.73. The number of amides is 1. The van der Waals surface area contributed by atoms with Crippen molar-refractivity contribution in [1.29, 1.82) is 0 Å². The molecule has 0 aliphatic carbocycles. The number of benzene rings is 1. The molecule has 0 aliphatic rings. The zero-order chi connectivity index (χ0) is 16.7. The third kappa shape index (κ3) is 5.21. The minimum atomic E-state index is 0.0363. The number of rotatable bonds is 7. The van der Waals surface area contributed by atoms with Gasteiger partial charge < -0.3 is 9.64 Å². The van der Waals surface area contributed by atoms with Gasteiger partial charge in [-0.1, -0.05) is 12.1 Å². The first-order chi connectivity index (χ1) is 11.1. The van der Waals surface area contributed by atoms with Gasteiger partial charge in [-0.15, -0.1) is 11.3 Å². The topological polar surface area (TPSA) is 42.4 Å². The third-order valence-corrected chi connectivity index (χ3v) is 4.25. The molecular formula is C18H22N2O2S. The number of hydrogen-bond acceptors (Lipinski definition) is 4. The number of hydrogen-bond donors (Lipinski definition) is 0. The van der Waals surface area contributed by atoms with E-state index in [2.05, 4.69) is 4.98 Å². The molecule has 0 spiro atoms. The van der Waals surface area contributed by atoms with E-state index in [4.69, 9.17) is 4.74 Å². The van der Waals surface area contributed by atoms with E-state index in [1.165, 1.54) is 0 Å². The molecule has 1 amide bonds. The van der Waals surface area contributed by atoms with Crippen LogP contribution in [-0.2, 0) is 11.4 Å². The minimum Gasteiger partial charge on any atom is -0.487 e. The molecule has 122 valence electrons. The van der Waals surface area contributed by atoms with Gasteiger partial charge in [0, 0.05) is 24.5 Å². The van der Waals surface area contributed by atoms with Crippen LogP contribution in [0.25, 0.3) is 6.08 Å². The summed E-state index contributed by atoms with van der Waals surface area (Å²) in [4.78, 5) is 18.1. The summed E-state index contributed by atoms with van der Waals surface area (Å²) in [5.74, 6) is 0.831. The van der Waals surface area contributed by atoms with Crippen molar-refractivity contribution in [2.75, 3.05) is 13.1 Å². The molecule has 23 heavy (non-hydrogen) atoms. The molecule has 0 unspecified atom stereocenters. The highest BCUT2D eigenvalue weighted by Crippen LogP contribution is 2.16. The number of aryl methyl sites for hydroxylation is 1. The molecule has 0 fully saturated rings. The fourth-order valence-corrected chi connectivity index (χ4v) is 2.71. The van der Waals surface area contributed by atoms with E-state index in [0.717, 1.165) is 35.1 Å². The molecule has 0 atom stereocenters. The van der Waals surface area contributed by atoms with Gasteiger partial charge in [0.25, 0.3) is 0 Å². The van der Waals surface area contributed by atoms with E-state index in [9.17, 15) is 4.79 Å². The van der Waals surface area contributed by atoms with Gasteiger partial charge in [-0.25, -0.2) is 4.98 Å². The fraction of sp³-hybridized carbons (Fsp3) is 0.333. The average molecular weight is 330 g/mol. The fourth-order valence-electron chi connectivity index (χ4n) is 2.12. The molecule has 0 saturated carbocycles. The highest BCUT2D eigenvalue weighted by molar-refractivity contribution is 7.09. The Hall–Kier alpha value is -2.14. The van der Waals surface area contributed by atoms with Crippen LogP contribution in [0.1, 0.15) is 30.1 Å². The SMILES string of the molecule is CCN(CC)C(=O)/C=C/c1ccc(OCc2csc(C)n2)cc1. The van der Waals surface area contributed by atoms with Crippen LogP contribution in [0.4, 0.5) is 0 Å². The van der Waals surface area contributed by atoms with Crippen LogP contribution in [-0.4, -0.2) is 28.9 Å². The first kappa shape index (κ1) is 17.2. The largest absolute Gasteiger partial charge is 0.487 e. The Morgan fingerprint density at radius 2 is 1.96 bits per heavy atom. The van der Waals surface area contributed by atoms with Crippen molar-refractivity contribution < 1.29 is 9.53 Å². The molecule has 0 saturated heterocycles. The van der Waals surface area contributed by atoms with Crippen molar-refractivity contribution in [2.24, 2.45) is 0 Å². The van der Waals surface area contributed by atoms with Gasteiger partial charge in [0.05, 0.1) is 10.7 Å². The van der Waals surface area contributed by atoms with Gasteiger partial charge in [-0.3, -0.25) is 4.79 Å². The Bertz CT molecular complexity index is 658. The predicted molar refractivity (Wildman–Crippen MR) is 94.6 cm³/mol. The number of carbonyl (C=O) groups is 1. The van der Waals surface area contributed by atoms with E-state index in [0.29, 0.717) is 6.61 Å². The van der Waals surface area contributed by atoms with Crippen molar-refractivity contribution in [3.05, 3.63) is 52.0 Å². The normalized spacial score (nSPS) is 10.9. The molecule has 2 aromatic rings. The molecule has 0 N–H and O–H groups in total. The Balaban J connectivity index is 1.90. The summed E-state index contributed by atoms with van der Waals surface area (Å²) in [6.07, 6.45) is 3.44. The van der Waals surface area contributed by atoms with Gasteiger partial charge in [0.1, 0.15) is 12.4 Å². The molecule has 0 aliphatic heterocycles. The van der Waals surface area contributed by atoms with Gasteiger partial charge in [0.15, 0.2) is 0 Å². The van der Waals surface area contributed by atoms with Crippen molar-refractivity contribution in [2.45, 2.75) is 27.4 Å². The molecule has 1 aromatic heterocycles. The monoisotopic (exact) mass is 330 g/mol. The summed E-state index contributed by atoms with van der Waals surface area (Å²) >= 11 is 1.62. The van der Waals surface area contributed by atoms with E-state index < -0.39 is 0 Å². The second-order valence-corrected chi connectivity index (χ2v) is 6.12. The maximum atomic E-state index is 11.9.